The smallest absolute Gasteiger partial charge is 0.243 e. The highest BCUT2D eigenvalue weighted by atomic mass is 32.2. The number of unbranched alkanes of at least 4 members (excludes halogenated alkanes) is 1. The Labute approximate surface area is 150 Å². The Morgan fingerprint density at radius 2 is 1.80 bits per heavy atom. The van der Waals surface area contributed by atoms with Gasteiger partial charge < -0.3 is 4.74 Å². The number of ether oxygens (including phenoxy) is 1. The van der Waals surface area contributed by atoms with Gasteiger partial charge in [-0.2, -0.15) is 4.31 Å². The molecule has 0 radical (unpaired) electrons. The van der Waals surface area contributed by atoms with Crippen LogP contribution in [-0.4, -0.2) is 52.2 Å². The molecule has 0 unspecified atom stereocenters. The lowest BCUT2D eigenvalue weighted by molar-refractivity contribution is -0.00770. The fourth-order valence-electron chi connectivity index (χ4n) is 2.68. The summed E-state index contributed by atoms with van der Waals surface area (Å²) in [4.78, 5) is 0.138. The third-order valence-electron chi connectivity index (χ3n) is 4.05. The molecular formula is C16H26N2O5S2. The van der Waals surface area contributed by atoms with Crippen molar-refractivity contribution in [2.45, 2.75) is 44.0 Å². The zero-order valence-electron chi connectivity index (χ0n) is 14.9. The van der Waals surface area contributed by atoms with Crippen molar-refractivity contribution in [3.8, 4) is 0 Å². The average molecular weight is 391 g/mol. The molecule has 9 heteroatoms. The lowest BCUT2D eigenvalue weighted by Gasteiger charge is -2.40. The van der Waals surface area contributed by atoms with Gasteiger partial charge in [-0.15, -0.1) is 0 Å². The number of nitrogens with one attached hydrogen (secondary N) is 1. The first-order valence-corrected chi connectivity index (χ1v) is 11.4. The van der Waals surface area contributed by atoms with E-state index in [9.17, 15) is 16.8 Å². The second-order valence-electron chi connectivity index (χ2n) is 6.74. The van der Waals surface area contributed by atoms with Gasteiger partial charge in [0, 0.05) is 12.2 Å². The van der Waals surface area contributed by atoms with Gasteiger partial charge >= 0.3 is 0 Å². The van der Waals surface area contributed by atoms with E-state index in [1.54, 1.807) is 0 Å². The Morgan fingerprint density at radius 3 is 2.36 bits per heavy atom. The predicted octanol–water partition coefficient (Wildman–Crippen LogP) is 2.03. The van der Waals surface area contributed by atoms with Crippen molar-refractivity contribution < 1.29 is 21.6 Å². The number of rotatable bonds is 7. The van der Waals surface area contributed by atoms with Crippen molar-refractivity contribution in [3.05, 3.63) is 24.3 Å². The molecule has 1 aromatic carbocycles. The van der Waals surface area contributed by atoms with Crippen LogP contribution in [-0.2, 0) is 24.8 Å². The monoisotopic (exact) mass is 390 g/mol. The first-order valence-electron chi connectivity index (χ1n) is 8.30. The van der Waals surface area contributed by atoms with Crippen LogP contribution in [0.1, 0.15) is 33.6 Å². The van der Waals surface area contributed by atoms with Crippen LogP contribution in [0.15, 0.2) is 29.2 Å². The van der Waals surface area contributed by atoms with Gasteiger partial charge in [0.25, 0.3) is 0 Å². The number of benzene rings is 1. The molecule has 1 aliphatic heterocycles. The van der Waals surface area contributed by atoms with Crippen molar-refractivity contribution >= 4 is 25.7 Å². The number of sulfonamides is 2. The molecule has 25 heavy (non-hydrogen) atoms. The normalized spacial score (nSPS) is 18.8. The van der Waals surface area contributed by atoms with Crippen LogP contribution >= 0.6 is 0 Å². The molecule has 7 nitrogen and oxygen atoms in total. The van der Waals surface area contributed by atoms with Gasteiger partial charge in [0.2, 0.25) is 20.0 Å². The van der Waals surface area contributed by atoms with E-state index in [1.165, 1.54) is 28.6 Å². The molecule has 0 amide bonds. The molecule has 1 saturated heterocycles. The fourth-order valence-corrected chi connectivity index (χ4v) is 5.70. The SMILES string of the molecule is CCCCS(=O)(=O)Nc1ccc(S(=O)(=O)N2CCOCC2(C)C)cc1. The maximum Gasteiger partial charge on any atom is 0.243 e. The molecule has 1 fully saturated rings. The van der Waals surface area contributed by atoms with Crippen molar-refractivity contribution in [2.75, 3.05) is 30.2 Å². The van der Waals surface area contributed by atoms with E-state index in [4.69, 9.17) is 4.74 Å². The molecule has 0 atom stereocenters. The zero-order valence-corrected chi connectivity index (χ0v) is 16.5. The molecule has 0 bridgehead atoms. The summed E-state index contributed by atoms with van der Waals surface area (Å²) in [5.74, 6) is 0.0471. The summed E-state index contributed by atoms with van der Waals surface area (Å²) in [6.45, 7) is 6.54. The number of nitrogens with zero attached hydrogens (tertiary/aromatic N) is 1. The van der Waals surface area contributed by atoms with Crippen LogP contribution in [0.25, 0.3) is 0 Å². The lowest BCUT2D eigenvalue weighted by atomic mass is 10.1. The third-order valence-corrected chi connectivity index (χ3v) is 7.55. The quantitative estimate of drug-likeness (QED) is 0.769. The second kappa shape index (κ2) is 7.61. The second-order valence-corrected chi connectivity index (χ2v) is 10.4. The summed E-state index contributed by atoms with van der Waals surface area (Å²) in [5, 5.41) is 0. The molecule has 1 heterocycles. The maximum atomic E-state index is 12.9. The van der Waals surface area contributed by atoms with Gasteiger partial charge in [-0.25, -0.2) is 16.8 Å². The van der Waals surface area contributed by atoms with Crippen LogP contribution in [0.5, 0.6) is 0 Å². The highest BCUT2D eigenvalue weighted by Gasteiger charge is 2.39. The van der Waals surface area contributed by atoms with Crippen molar-refractivity contribution in [3.63, 3.8) is 0 Å². The fraction of sp³-hybridized carbons (Fsp3) is 0.625. The van der Waals surface area contributed by atoms with Gasteiger partial charge in [-0.1, -0.05) is 13.3 Å². The van der Waals surface area contributed by atoms with Crippen LogP contribution in [0.4, 0.5) is 5.69 Å². The maximum absolute atomic E-state index is 12.9. The first-order chi connectivity index (χ1) is 11.6. The highest BCUT2D eigenvalue weighted by Crippen LogP contribution is 2.28. The standard InChI is InChI=1S/C16H26N2O5S2/c1-4-5-12-24(19,20)17-14-6-8-15(9-7-14)25(21,22)18-10-11-23-13-16(18,2)3/h6-9,17H,4-5,10-13H2,1-3H3. The van der Waals surface area contributed by atoms with E-state index >= 15 is 0 Å². The van der Waals surface area contributed by atoms with E-state index in [2.05, 4.69) is 4.72 Å². The summed E-state index contributed by atoms with van der Waals surface area (Å²) < 4.78 is 58.9. The minimum absolute atomic E-state index is 0.0471. The van der Waals surface area contributed by atoms with E-state index in [-0.39, 0.29) is 10.6 Å². The molecule has 0 saturated carbocycles. The van der Waals surface area contributed by atoms with E-state index in [1.807, 2.05) is 20.8 Å². The molecule has 0 aliphatic carbocycles. The molecule has 142 valence electrons. The zero-order chi connectivity index (χ0) is 18.7. The van der Waals surface area contributed by atoms with Gasteiger partial charge in [0.1, 0.15) is 0 Å². The Hall–Kier alpha value is -1.16. The average Bonchev–Trinajstić information content (AvgIpc) is 2.52. The third kappa shape index (κ3) is 4.93. The molecule has 1 N–H and O–H groups in total. The lowest BCUT2D eigenvalue weighted by Crippen LogP contribution is -2.55. The van der Waals surface area contributed by atoms with Crippen molar-refractivity contribution in [2.24, 2.45) is 0 Å². The highest BCUT2D eigenvalue weighted by molar-refractivity contribution is 7.92. The van der Waals surface area contributed by atoms with Crippen molar-refractivity contribution in [1.82, 2.24) is 4.31 Å². The van der Waals surface area contributed by atoms with Gasteiger partial charge in [-0.05, 0) is 44.5 Å². The van der Waals surface area contributed by atoms with Gasteiger partial charge in [0.15, 0.2) is 0 Å². The number of anilines is 1. The molecular weight excluding hydrogens is 364 g/mol. The van der Waals surface area contributed by atoms with E-state index in [0.29, 0.717) is 31.9 Å². The summed E-state index contributed by atoms with van der Waals surface area (Å²) in [6.07, 6.45) is 1.36. The van der Waals surface area contributed by atoms with E-state index < -0.39 is 25.6 Å². The number of hydrogen-bond donors (Lipinski definition) is 1. The minimum Gasteiger partial charge on any atom is -0.378 e. The molecule has 1 aliphatic rings. The summed E-state index contributed by atoms with van der Waals surface area (Å²) >= 11 is 0. The summed E-state index contributed by atoms with van der Waals surface area (Å²) in [7, 11) is -7.08. The van der Waals surface area contributed by atoms with Gasteiger partial charge in [0.05, 0.1) is 29.4 Å². The summed E-state index contributed by atoms with van der Waals surface area (Å²) in [6, 6.07) is 5.81. The number of morpholine rings is 1. The Morgan fingerprint density at radius 1 is 1.16 bits per heavy atom. The number of hydrogen-bond acceptors (Lipinski definition) is 5. The molecule has 0 aromatic heterocycles. The van der Waals surface area contributed by atoms with Crippen molar-refractivity contribution in [1.29, 1.82) is 0 Å². The predicted molar refractivity (Wildman–Crippen MR) is 97.5 cm³/mol. The van der Waals surface area contributed by atoms with Gasteiger partial charge in [-0.3, -0.25) is 4.72 Å². The van der Waals surface area contributed by atoms with Crippen LogP contribution in [0, 0.1) is 0 Å². The minimum atomic E-state index is -3.67. The van der Waals surface area contributed by atoms with Crippen LogP contribution < -0.4 is 4.72 Å². The topological polar surface area (TPSA) is 92.8 Å². The Bertz CT molecular complexity index is 786. The first kappa shape index (κ1) is 20.2. The van der Waals surface area contributed by atoms with Crippen LogP contribution in [0.3, 0.4) is 0 Å². The van der Waals surface area contributed by atoms with E-state index in [0.717, 1.165) is 6.42 Å². The molecule has 2 rings (SSSR count). The van der Waals surface area contributed by atoms with Crippen LogP contribution in [0.2, 0.25) is 0 Å². The molecule has 1 aromatic rings. The molecule has 0 spiro atoms. The Balaban J connectivity index is 2.19. The summed E-state index contributed by atoms with van der Waals surface area (Å²) in [5.41, 5.74) is -0.270. The largest absolute Gasteiger partial charge is 0.378 e. The Kier molecular flexibility index (Phi) is 6.13.